The summed E-state index contributed by atoms with van der Waals surface area (Å²) in [5.74, 6) is 0.838. The van der Waals surface area contributed by atoms with Crippen LogP contribution in [0, 0.1) is 0 Å². The number of pyridine rings is 1. The van der Waals surface area contributed by atoms with Gasteiger partial charge in [0.2, 0.25) is 0 Å². The Morgan fingerprint density at radius 3 is 2.86 bits per heavy atom. The molecule has 1 N–H and O–H groups in total. The molecule has 0 saturated heterocycles. The van der Waals surface area contributed by atoms with Crippen molar-refractivity contribution in [2.45, 2.75) is 19.4 Å². The van der Waals surface area contributed by atoms with E-state index in [1.165, 1.54) is 0 Å². The van der Waals surface area contributed by atoms with Crippen molar-refractivity contribution in [3.8, 4) is 0 Å². The standard InChI is InChI=1S/C17H17ClN2O/c1-2-9-20-16(14-8-3-4-10-19-14)15-11-12-6-5-7-13(18)17(12)21-15/h3-8,10-11,16,20H,2,9H2,1H3. The molecule has 2 aromatic heterocycles. The van der Waals surface area contributed by atoms with Crippen molar-refractivity contribution in [3.63, 3.8) is 0 Å². The zero-order valence-electron chi connectivity index (χ0n) is 11.8. The van der Waals surface area contributed by atoms with E-state index in [2.05, 4.69) is 17.2 Å². The molecule has 0 radical (unpaired) electrons. The lowest BCUT2D eigenvalue weighted by atomic mass is 10.1. The number of benzene rings is 1. The minimum atomic E-state index is -0.0605. The van der Waals surface area contributed by atoms with Crippen LogP contribution in [-0.4, -0.2) is 11.5 Å². The first kappa shape index (κ1) is 14.1. The number of halogens is 1. The summed E-state index contributed by atoms with van der Waals surface area (Å²) >= 11 is 6.20. The highest BCUT2D eigenvalue weighted by atomic mass is 35.5. The third-order valence-electron chi connectivity index (χ3n) is 3.38. The van der Waals surface area contributed by atoms with Crippen LogP contribution in [0.1, 0.15) is 30.8 Å². The molecule has 1 aromatic carbocycles. The Morgan fingerprint density at radius 2 is 2.14 bits per heavy atom. The van der Waals surface area contributed by atoms with Crippen LogP contribution in [0.25, 0.3) is 11.0 Å². The number of hydrogen-bond acceptors (Lipinski definition) is 3. The van der Waals surface area contributed by atoms with Gasteiger partial charge in [-0.05, 0) is 37.2 Å². The maximum Gasteiger partial charge on any atom is 0.152 e. The van der Waals surface area contributed by atoms with E-state index >= 15 is 0 Å². The van der Waals surface area contributed by atoms with Gasteiger partial charge in [-0.25, -0.2) is 0 Å². The average Bonchev–Trinajstić information content (AvgIpc) is 2.94. The fourth-order valence-electron chi connectivity index (χ4n) is 2.38. The first-order chi connectivity index (χ1) is 10.3. The first-order valence-electron chi connectivity index (χ1n) is 7.12. The zero-order chi connectivity index (χ0) is 14.7. The van der Waals surface area contributed by atoms with E-state index in [0.717, 1.165) is 35.4 Å². The summed E-state index contributed by atoms with van der Waals surface area (Å²) in [5, 5.41) is 5.13. The second-order valence-corrected chi connectivity index (χ2v) is 5.36. The van der Waals surface area contributed by atoms with Crippen molar-refractivity contribution in [1.82, 2.24) is 10.3 Å². The van der Waals surface area contributed by atoms with Crippen LogP contribution in [0.5, 0.6) is 0 Å². The van der Waals surface area contributed by atoms with Gasteiger partial charge in [0, 0.05) is 11.6 Å². The molecule has 0 aliphatic carbocycles. The SMILES string of the molecule is CCCNC(c1ccccn1)c1cc2cccc(Cl)c2o1. The Balaban J connectivity index is 2.03. The summed E-state index contributed by atoms with van der Waals surface area (Å²) in [5.41, 5.74) is 1.68. The Morgan fingerprint density at radius 1 is 1.24 bits per heavy atom. The Kier molecular flexibility index (Phi) is 4.23. The van der Waals surface area contributed by atoms with Crippen LogP contribution in [0.3, 0.4) is 0 Å². The van der Waals surface area contributed by atoms with E-state index in [0.29, 0.717) is 5.02 Å². The minimum Gasteiger partial charge on any atom is -0.457 e. The predicted octanol–water partition coefficient (Wildman–Crippen LogP) is 4.57. The molecule has 0 fully saturated rings. The van der Waals surface area contributed by atoms with Gasteiger partial charge in [0.15, 0.2) is 5.58 Å². The first-order valence-corrected chi connectivity index (χ1v) is 7.49. The summed E-state index contributed by atoms with van der Waals surface area (Å²) < 4.78 is 5.98. The van der Waals surface area contributed by atoms with E-state index in [4.69, 9.17) is 16.0 Å². The van der Waals surface area contributed by atoms with Crippen molar-refractivity contribution < 1.29 is 4.42 Å². The maximum absolute atomic E-state index is 6.20. The highest BCUT2D eigenvalue weighted by Gasteiger charge is 2.19. The Hall–Kier alpha value is -1.84. The largest absolute Gasteiger partial charge is 0.457 e. The van der Waals surface area contributed by atoms with Gasteiger partial charge in [0.05, 0.1) is 10.7 Å². The monoisotopic (exact) mass is 300 g/mol. The molecular weight excluding hydrogens is 284 g/mol. The molecule has 3 aromatic rings. The van der Waals surface area contributed by atoms with Crippen LogP contribution in [0.2, 0.25) is 5.02 Å². The molecule has 3 nitrogen and oxygen atoms in total. The molecule has 0 amide bonds. The minimum absolute atomic E-state index is 0.0605. The number of nitrogens with zero attached hydrogens (tertiary/aromatic N) is 1. The van der Waals surface area contributed by atoms with E-state index in [9.17, 15) is 0 Å². The van der Waals surface area contributed by atoms with E-state index in [1.54, 1.807) is 6.20 Å². The third kappa shape index (κ3) is 2.94. The smallest absolute Gasteiger partial charge is 0.152 e. The molecule has 0 bridgehead atoms. The molecular formula is C17H17ClN2O. The summed E-state index contributed by atoms with van der Waals surface area (Å²) in [6.07, 6.45) is 2.84. The summed E-state index contributed by atoms with van der Waals surface area (Å²) in [6.45, 7) is 3.03. The molecule has 21 heavy (non-hydrogen) atoms. The average molecular weight is 301 g/mol. The number of hydrogen-bond donors (Lipinski definition) is 1. The molecule has 1 unspecified atom stereocenters. The molecule has 0 aliphatic rings. The van der Waals surface area contributed by atoms with E-state index in [-0.39, 0.29) is 6.04 Å². The van der Waals surface area contributed by atoms with Gasteiger partial charge in [-0.3, -0.25) is 4.98 Å². The van der Waals surface area contributed by atoms with Gasteiger partial charge in [0.1, 0.15) is 11.8 Å². The van der Waals surface area contributed by atoms with Gasteiger partial charge in [0.25, 0.3) is 0 Å². The molecule has 4 heteroatoms. The van der Waals surface area contributed by atoms with E-state index < -0.39 is 0 Å². The summed E-state index contributed by atoms with van der Waals surface area (Å²) in [6, 6.07) is 13.6. The number of aromatic nitrogens is 1. The van der Waals surface area contributed by atoms with Gasteiger partial charge < -0.3 is 9.73 Å². The second-order valence-electron chi connectivity index (χ2n) is 4.95. The van der Waals surface area contributed by atoms with Gasteiger partial charge in [-0.15, -0.1) is 0 Å². The summed E-state index contributed by atoms with van der Waals surface area (Å²) in [7, 11) is 0. The molecule has 108 valence electrons. The Bertz CT molecular complexity index is 724. The maximum atomic E-state index is 6.20. The van der Waals surface area contributed by atoms with Crippen LogP contribution >= 0.6 is 11.6 Å². The van der Waals surface area contributed by atoms with Crippen molar-refractivity contribution in [3.05, 3.63) is 65.1 Å². The van der Waals surface area contributed by atoms with Crippen molar-refractivity contribution in [2.75, 3.05) is 6.54 Å². The lowest BCUT2D eigenvalue weighted by Gasteiger charge is -2.15. The summed E-state index contributed by atoms with van der Waals surface area (Å²) in [4.78, 5) is 4.45. The van der Waals surface area contributed by atoms with Crippen molar-refractivity contribution >= 4 is 22.6 Å². The number of para-hydroxylation sites is 1. The molecule has 3 rings (SSSR count). The molecule has 0 saturated carbocycles. The highest BCUT2D eigenvalue weighted by molar-refractivity contribution is 6.34. The van der Waals surface area contributed by atoms with Crippen LogP contribution in [-0.2, 0) is 0 Å². The quantitative estimate of drug-likeness (QED) is 0.750. The van der Waals surface area contributed by atoms with Crippen LogP contribution in [0.4, 0.5) is 0 Å². The fraction of sp³-hybridized carbons (Fsp3) is 0.235. The number of furan rings is 1. The number of fused-ring (bicyclic) bond motifs is 1. The lowest BCUT2D eigenvalue weighted by molar-refractivity contribution is 0.464. The van der Waals surface area contributed by atoms with Gasteiger partial charge in [-0.1, -0.05) is 36.7 Å². The molecule has 0 aliphatic heterocycles. The second kappa shape index (κ2) is 6.29. The third-order valence-corrected chi connectivity index (χ3v) is 3.68. The fourth-order valence-corrected chi connectivity index (χ4v) is 2.60. The zero-order valence-corrected chi connectivity index (χ0v) is 12.6. The normalized spacial score (nSPS) is 12.7. The lowest BCUT2D eigenvalue weighted by Crippen LogP contribution is -2.23. The molecule has 0 spiro atoms. The van der Waals surface area contributed by atoms with Gasteiger partial charge >= 0.3 is 0 Å². The number of nitrogens with one attached hydrogen (secondary N) is 1. The number of rotatable bonds is 5. The van der Waals surface area contributed by atoms with Gasteiger partial charge in [-0.2, -0.15) is 0 Å². The predicted molar refractivity (Wildman–Crippen MR) is 85.6 cm³/mol. The molecule has 1 atom stereocenters. The highest BCUT2D eigenvalue weighted by Crippen LogP contribution is 2.31. The Labute approximate surface area is 128 Å². The van der Waals surface area contributed by atoms with Crippen molar-refractivity contribution in [2.24, 2.45) is 0 Å². The van der Waals surface area contributed by atoms with Crippen molar-refractivity contribution in [1.29, 1.82) is 0 Å². The van der Waals surface area contributed by atoms with Crippen LogP contribution < -0.4 is 5.32 Å². The van der Waals surface area contributed by atoms with Crippen LogP contribution in [0.15, 0.2) is 53.1 Å². The molecule has 2 heterocycles. The van der Waals surface area contributed by atoms with E-state index in [1.807, 2.05) is 42.5 Å². The topological polar surface area (TPSA) is 38.1 Å².